The van der Waals surface area contributed by atoms with Crippen LogP contribution >= 0.6 is 0 Å². The molecule has 4 nitrogen and oxygen atoms in total. The summed E-state index contributed by atoms with van der Waals surface area (Å²) in [6.07, 6.45) is 7.14. The molecule has 0 bridgehead atoms. The molecule has 0 aliphatic rings. The summed E-state index contributed by atoms with van der Waals surface area (Å²) >= 11 is 0. The van der Waals surface area contributed by atoms with E-state index in [0.717, 1.165) is 17.0 Å². The van der Waals surface area contributed by atoms with E-state index in [4.69, 9.17) is 5.26 Å². The first kappa shape index (κ1) is 12.1. The molecule has 0 aliphatic heterocycles. The molecule has 20 heavy (non-hydrogen) atoms. The lowest BCUT2D eigenvalue weighted by Gasteiger charge is -2.15. The molecule has 0 spiro atoms. The van der Waals surface area contributed by atoms with Crippen LogP contribution in [0.15, 0.2) is 61.2 Å². The van der Waals surface area contributed by atoms with Crippen molar-refractivity contribution in [2.24, 2.45) is 0 Å². The lowest BCUT2D eigenvalue weighted by molar-refractivity contribution is 0.876. The summed E-state index contributed by atoms with van der Waals surface area (Å²) in [5, 5.41) is 8.89. The summed E-state index contributed by atoms with van der Waals surface area (Å²) in [6, 6.07) is 13.6. The van der Waals surface area contributed by atoms with E-state index >= 15 is 0 Å². The Kier molecular flexibility index (Phi) is 3.25. The molecule has 1 atom stereocenters. The number of H-pyrrole nitrogens is 1. The fourth-order valence-corrected chi connectivity index (χ4v) is 2.24. The molecular weight excluding hydrogens is 248 g/mol. The van der Waals surface area contributed by atoms with Crippen LogP contribution < -0.4 is 0 Å². The number of hydrogen-bond donors (Lipinski definition) is 1. The molecule has 2 heterocycles. The van der Waals surface area contributed by atoms with Crippen molar-refractivity contribution in [1.29, 1.82) is 5.26 Å². The largest absolute Gasteiger partial charge is 0.348 e. The zero-order valence-corrected chi connectivity index (χ0v) is 10.7. The monoisotopic (exact) mass is 260 g/mol. The lowest BCUT2D eigenvalue weighted by atomic mass is 9.91. The molecule has 0 saturated carbocycles. The number of aromatic nitrogens is 3. The van der Waals surface area contributed by atoms with Gasteiger partial charge in [0.25, 0.3) is 0 Å². The number of aromatic amines is 1. The molecule has 96 valence electrons. The van der Waals surface area contributed by atoms with Gasteiger partial charge in [0.2, 0.25) is 0 Å². The van der Waals surface area contributed by atoms with Gasteiger partial charge >= 0.3 is 0 Å². The van der Waals surface area contributed by atoms with Crippen LogP contribution in [-0.4, -0.2) is 15.0 Å². The Morgan fingerprint density at radius 1 is 1.05 bits per heavy atom. The van der Waals surface area contributed by atoms with Crippen LogP contribution in [0.5, 0.6) is 0 Å². The number of nitrogens with zero attached hydrogens (tertiary/aromatic N) is 3. The Morgan fingerprint density at radius 2 is 1.90 bits per heavy atom. The van der Waals surface area contributed by atoms with Crippen molar-refractivity contribution in [2.75, 3.05) is 0 Å². The smallest absolute Gasteiger partial charge is 0.118 e. The fraction of sp³-hybridized carbons (Fsp3) is 0.0625. The van der Waals surface area contributed by atoms with Gasteiger partial charge in [-0.15, -0.1) is 0 Å². The van der Waals surface area contributed by atoms with Gasteiger partial charge in [-0.25, -0.2) is 4.98 Å². The average molecular weight is 260 g/mol. The van der Waals surface area contributed by atoms with Gasteiger partial charge in [-0.05, 0) is 29.3 Å². The SMILES string of the molecule is N#Cc1ccc(C(c2cccnc2)c2ncc[nH]2)cc1. The third-order valence-electron chi connectivity index (χ3n) is 3.18. The number of hydrogen-bond acceptors (Lipinski definition) is 3. The van der Waals surface area contributed by atoms with Crippen LogP contribution in [0, 0.1) is 11.3 Å². The highest BCUT2D eigenvalue weighted by Gasteiger charge is 2.18. The number of rotatable bonds is 3. The number of benzene rings is 1. The highest BCUT2D eigenvalue weighted by molar-refractivity contribution is 5.40. The first-order chi connectivity index (χ1) is 9.88. The topological polar surface area (TPSA) is 65.4 Å². The van der Waals surface area contributed by atoms with Crippen LogP contribution in [0.1, 0.15) is 28.4 Å². The van der Waals surface area contributed by atoms with Gasteiger partial charge in [0.1, 0.15) is 5.82 Å². The van der Waals surface area contributed by atoms with Gasteiger partial charge in [-0.3, -0.25) is 4.98 Å². The summed E-state index contributed by atoms with van der Waals surface area (Å²) in [7, 11) is 0. The van der Waals surface area contributed by atoms with E-state index in [1.54, 1.807) is 12.4 Å². The Hall–Kier alpha value is -2.93. The molecule has 0 aliphatic carbocycles. The molecular formula is C16H12N4. The first-order valence-electron chi connectivity index (χ1n) is 6.28. The van der Waals surface area contributed by atoms with Crippen molar-refractivity contribution in [2.45, 2.75) is 5.92 Å². The number of nitriles is 1. The lowest BCUT2D eigenvalue weighted by Crippen LogP contribution is -2.05. The number of imidazole rings is 1. The molecule has 3 rings (SSSR count). The second-order valence-electron chi connectivity index (χ2n) is 4.43. The van der Waals surface area contributed by atoms with Gasteiger partial charge in [0.15, 0.2) is 0 Å². The highest BCUT2D eigenvalue weighted by Crippen LogP contribution is 2.29. The molecule has 0 radical (unpaired) electrons. The minimum absolute atomic E-state index is 0.00792. The van der Waals surface area contributed by atoms with E-state index in [9.17, 15) is 0 Å². The maximum atomic E-state index is 8.89. The molecule has 2 aromatic heterocycles. The zero-order chi connectivity index (χ0) is 13.8. The first-order valence-corrected chi connectivity index (χ1v) is 6.28. The molecule has 0 saturated heterocycles. The van der Waals surface area contributed by atoms with Crippen LogP contribution in [-0.2, 0) is 0 Å². The molecule has 1 aromatic carbocycles. The maximum absolute atomic E-state index is 8.89. The third-order valence-corrected chi connectivity index (χ3v) is 3.18. The number of pyridine rings is 1. The Labute approximate surface area is 116 Å². The Balaban J connectivity index is 2.08. The minimum atomic E-state index is -0.00792. The van der Waals surface area contributed by atoms with Crippen LogP contribution in [0.25, 0.3) is 0 Å². The number of nitrogens with one attached hydrogen (secondary N) is 1. The van der Waals surface area contributed by atoms with Crippen molar-refractivity contribution in [1.82, 2.24) is 15.0 Å². The van der Waals surface area contributed by atoms with Crippen LogP contribution in [0.4, 0.5) is 0 Å². The van der Waals surface area contributed by atoms with E-state index < -0.39 is 0 Å². The molecule has 4 heteroatoms. The summed E-state index contributed by atoms with van der Waals surface area (Å²) in [5.41, 5.74) is 2.79. The predicted octanol–water partition coefficient (Wildman–Crippen LogP) is 2.86. The van der Waals surface area contributed by atoms with Gasteiger partial charge < -0.3 is 4.98 Å². The average Bonchev–Trinajstić information content (AvgIpc) is 3.03. The minimum Gasteiger partial charge on any atom is -0.348 e. The van der Waals surface area contributed by atoms with Gasteiger partial charge in [-0.1, -0.05) is 18.2 Å². The zero-order valence-electron chi connectivity index (χ0n) is 10.7. The normalized spacial score (nSPS) is 11.8. The summed E-state index contributed by atoms with van der Waals surface area (Å²) in [4.78, 5) is 11.7. The Morgan fingerprint density at radius 3 is 2.50 bits per heavy atom. The van der Waals surface area contributed by atoms with Crippen LogP contribution in [0.3, 0.4) is 0 Å². The van der Waals surface area contributed by atoms with E-state index in [1.807, 2.05) is 48.8 Å². The van der Waals surface area contributed by atoms with Crippen molar-refractivity contribution in [3.8, 4) is 6.07 Å². The Bertz CT molecular complexity index is 709. The standard InChI is InChI=1S/C16H12N4/c17-10-12-3-5-13(6-4-12)15(16-19-8-9-20-16)14-2-1-7-18-11-14/h1-9,11,15H,(H,19,20). The quantitative estimate of drug-likeness (QED) is 0.787. The molecule has 0 amide bonds. The summed E-state index contributed by atoms with van der Waals surface area (Å²) in [5.74, 6) is 0.856. The fourth-order valence-electron chi connectivity index (χ4n) is 2.24. The highest BCUT2D eigenvalue weighted by atomic mass is 14.9. The predicted molar refractivity (Wildman–Crippen MR) is 74.9 cm³/mol. The van der Waals surface area contributed by atoms with Gasteiger partial charge in [0, 0.05) is 24.8 Å². The second kappa shape index (κ2) is 5.37. The van der Waals surface area contributed by atoms with E-state index in [1.165, 1.54) is 0 Å². The van der Waals surface area contributed by atoms with Crippen molar-refractivity contribution < 1.29 is 0 Å². The molecule has 0 fully saturated rings. The van der Waals surface area contributed by atoms with E-state index in [2.05, 4.69) is 21.0 Å². The van der Waals surface area contributed by atoms with E-state index in [-0.39, 0.29) is 5.92 Å². The second-order valence-corrected chi connectivity index (χ2v) is 4.43. The maximum Gasteiger partial charge on any atom is 0.118 e. The van der Waals surface area contributed by atoms with Crippen molar-refractivity contribution >= 4 is 0 Å². The molecule has 1 unspecified atom stereocenters. The third kappa shape index (κ3) is 2.29. The van der Waals surface area contributed by atoms with Crippen molar-refractivity contribution in [3.63, 3.8) is 0 Å². The van der Waals surface area contributed by atoms with Crippen molar-refractivity contribution in [3.05, 3.63) is 83.7 Å². The summed E-state index contributed by atoms with van der Waals surface area (Å²) in [6.45, 7) is 0. The van der Waals surface area contributed by atoms with E-state index in [0.29, 0.717) is 5.56 Å². The van der Waals surface area contributed by atoms with Crippen LogP contribution in [0.2, 0.25) is 0 Å². The van der Waals surface area contributed by atoms with Gasteiger partial charge in [-0.2, -0.15) is 5.26 Å². The summed E-state index contributed by atoms with van der Waals surface area (Å²) < 4.78 is 0. The molecule has 1 N–H and O–H groups in total. The molecule has 3 aromatic rings. The van der Waals surface area contributed by atoms with Gasteiger partial charge in [0.05, 0.1) is 17.6 Å².